The van der Waals surface area contributed by atoms with Gasteiger partial charge in [0.25, 0.3) is 5.91 Å². The van der Waals surface area contributed by atoms with Crippen LogP contribution in [0, 0.1) is 0 Å². The minimum absolute atomic E-state index is 0.186. The average molecular weight is 283 g/mol. The van der Waals surface area contributed by atoms with Gasteiger partial charge >= 0.3 is 6.18 Å². The number of hydrogen-bond donors (Lipinski definition) is 1. The summed E-state index contributed by atoms with van der Waals surface area (Å²) in [6, 6.07) is 9.90. The molecule has 0 unspecified atom stereocenters. The minimum Gasteiger partial charge on any atom is -0.496 e. The molecule has 0 aliphatic carbocycles. The Hall–Kier alpha value is -2.24. The van der Waals surface area contributed by atoms with E-state index >= 15 is 0 Å². The summed E-state index contributed by atoms with van der Waals surface area (Å²) in [5, 5.41) is 3.09. The normalized spacial score (nSPS) is 11.4. The number of carbonyl (C=O) groups is 1. The number of alkyl halides is 3. The van der Waals surface area contributed by atoms with Gasteiger partial charge in [0, 0.05) is 10.9 Å². The van der Waals surface area contributed by atoms with E-state index in [1.807, 2.05) is 5.32 Å². The van der Waals surface area contributed by atoms with Crippen molar-refractivity contribution in [1.82, 2.24) is 5.32 Å². The summed E-state index contributed by atoms with van der Waals surface area (Å²) >= 11 is 0. The third-order valence-corrected chi connectivity index (χ3v) is 2.80. The van der Waals surface area contributed by atoms with Crippen LogP contribution in [-0.2, 0) is 0 Å². The van der Waals surface area contributed by atoms with Crippen LogP contribution >= 0.6 is 0 Å². The van der Waals surface area contributed by atoms with Gasteiger partial charge in [-0.3, -0.25) is 4.79 Å². The molecule has 2 aromatic rings. The first-order chi connectivity index (χ1) is 9.42. The van der Waals surface area contributed by atoms with Gasteiger partial charge in [-0.25, -0.2) is 0 Å². The molecule has 0 spiro atoms. The molecule has 1 amide bonds. The number of fused-ring (bicyclic) bond motifs is 1. The summed E-state index contributed by atoms with van der Waals surface area (Å²) in [6.07, 6.45) is -4.43. The van der Waals surface area contributed by atoms with Crippen molar-refractivity contribution < 1.29 is 22.7 Å². The molecule has 0 fully saturated rings. The van der Waals surface area contributed by atoms with Crippen LogP contribution in [0.2, 0.25) is 0 Å². The number of amides is 1. The zero-order valence-electron chi connectivity index (χ0n) is 10.6. The Labute approximate surface area is 113 Å². The molecule has 2 aromatic carbocycles. The lowest BCUT2D eigenvalue weighted by molar-refractivity contribution is -0.123. The smallest absolute Gasteiger partial charge is 0.405 e. The van der Waals surface area contributed by atoms with Crippen LogP contribution in [0.4, 0.5) is 13.2 Å². The van der Waals surface area contributed by atoms with Gasteiger partial charge in [-0.15, -0.1) is 0 Å². The summed E-state index contributed by atoms with van der Waals surface area (Å²) in [5.74, 6) is -0.200. The molecular formula is C14H12F3NO2. The van der Waals surface area contributed by atoms with Gasteiger partial charge in [0.1, 0.15) is 12.3 Å². The molecule has 106 valence electrons. The quantitative estimate of drug-likeness (QED) is 0.939. The van der Waals surface area contributed by atoms with E-state index in [1.54, 1.807) is 30.3 Å². The van der Waals surface area contributed by atoms with Crippen LogP contribution in [0.25, 0.3) is 10.8 Å². The maximum atomic E-state index is 12.1. The Morgan fingerprint density at radius 3 is 2.40 bits per heavy atom. The fourth-order valence-electron chi connectivity index (χ4n) is 1.92. The van der Waals surface area contributed by atoms with E-state index in [9.17, 15) is 18.0 Å². The van der Waals surface area contributed by atoms with Crippen molar-refractivity contribution in [2.45, 2.75) is 6.18 Å². The molecule has 1 N–H and O–H groups in total. The van der Waals surface area contributed by atoms with E-state index in [-0.39, 0.29) is 5.56 Å². The van der Waals surface area contributed by atoms with Crippen LogP contribution in [0.15, 0.2) is 36.4 Å². The van der Waals surface area contributed by atoms with Crippen LogP contribution < -0.4 is 10.1 Å². The largest absolute Gasteiger partial charge is 0.496 e. The van der Waals surface area contributed by atoms with Gasteiger partial charge in [-0.05, 0) is 17.5 Å². The van der Waals surface area contributed by atoms with Gasteiger partial charge in [-0.1, -0.05) is 24.3 Å². The highest BCUT2D eigenvalue weighted by Gasteiger charge is 2.28. The van der Waals surface area contributed by atoms with E-state index < -0.39 is 18.6 Å². The predicted octanol–water partition coefficient (Wildman–Crippen LogP) is 3.14. The van der Waals surface area contributed by atoms with E-state index in [1.165, 1.54) is 13.2 Å². The third-order valence-electron chi connectivity index (χ3n) is 2.80. The van der Waals surface area contributed by atoms with E-state index in [0.717, 1.165) is 0 Å². The van der Waals surface area contributed by atoms with Gasteiger partial charge in [0.05, 0.1) is 7.11 Å². The van der Waals surface area contributed by atoms with E-state index in [0.29, 0.717) is 16.5 Å². The lowest BCUT2D eigenvalue weighted by Gasteiger charge is -2.12. The first kappa shape index (κ1) is 14.2. The number of ether oxygens (including phenoxy) is 1. The van der Waals surface area contributed by atoms with Crippen molar-refractivity contribution >= 4 is 16.7 Å². The number of hydrogen-bond acceptors (Lipinski definition) is 2. The summed E-state index contributed by atoms with van der Waals surface area (Å²) in [4.78, 5) is 11.9. The fourth-order valence-corrected chi connectivity index (χ4v) is 1.92. The Kier molecular flexibility index (Phi) is 3.83. The highest BCUT2D eigenvalue weighted by molar-refractivity contribution is 6.08. The van der Waals surface area contributed by atoms with Crippen LogP contribution in [-0.4, -0.2) is 25.7 Å². The second-order valence-electron chi connectivity index (χ2n) is 4.16. The van der Waals surface area contributed by atoms with Crippen LogP contribution in [0.1, 0.15) is 10.4 Å². The summed E-state index contributed by atoms with van der Waals surface area (Å²) in [7, 11) is 1.49. The zero-order valence-corrected chi connectivity index (χ0v) is 10.6. The van der Waals surface area contributed by atoms with Gasteiger partial charge in [0.15, 0.2) is 0 Å². The fraction of sp³-hybridized carbons (Fsp3) is 0.214. The lowest BCUT2D eigenvalue weighted by Crippen LogP contribution is -2.33. The summed E-state index contributed by atoms with van der Waals surface area (Å²) in [5.41, 5.74) is 0.186. The molecule has 0 saturated heterocycles. The molecule has 3 nitrogen and oxygen atoms in total. The Balaban J connectivity index is 2.38. The molecule has 0 saturated carbocycles. The Morgan fingerprint density at radius 1 is 1.15 bits per heavy atom. The number of benzene rings is 2. The molecule has 0 aliphatic rings. The molecule has 0 aliphatic heterocycles. The van der Waals surface area contributed by atoms with Crippen molar-refractivity contribution in [3.8, 4) is 5.75 Å². The predicted molar refractivity (Wildman–Crippen MR) is 68.9 cm³/mol. The molecule has 0 bridgehead atoms. The highest BCUT2D eigenvalue weighted by Crippen LogP contribution is 2.28. The van der Waals surface area contributed by atoms with Crippen molar-refractivity contribution in [2.75, 3.05) is 13.7 Å². The SMILES string of the molecule is COc1ccc(C(=O)NCC(F)(F)F)c2ccccc12. The minimum atomic E-state index is -4.43. The number of nitrogens with one attached hydrogen (secondary N) is 1. The monoisotopic (exact) mass is 283 g/mol. The van der Waals surface area contributed by atoms with E-state index in [2.05, 4.69) is 0 Å². The summed E-state index contributed by atoms with van der Waals surface area (Å²) in [6.45, 7) is -1.35. The topological polar surface area (TPSA) is 38.3 Å². The molecule has 0 aromatic heterocycles. The van der Waals surface area contributed by atoms with Crippen molar-refractivity contribution in [1.29, 1.82) is 0 Å². The molecular weight excluding hydrogens is 271 g/mol. The zero-order chi connectivity index (χ0) is 14.8. The molecule has 0 radical (unpaired) electrons. The lowest BCUT2D eigenvalue weighted by atomic mass is 10.0. The highest BCUT2D eigenvalue weighted by atomic mass is 19.4. The second kappa shape index (κ2) is 5.40. The van der Waals surface area contributed by atoms with Crippen LogP contribution in [0.3, 0.4) is 0 Å². The molecule has 0 atom stereocenters. The number of halogens is 3. The third kappa shape index (κ3) is 3.01. The number of rotatable bonds is 3. The number of methoxy groups -OCH3 is 1. The molecule has 0 heterocycles. The first-order valence-electron chi connectivity index (χ1n) is 5.83. The molecule has 6 heteroatoms. The first-order valence-corrected chi connectivity index (χ1v) is 5.83. The average Bonchev–Trinajstić information content (AvgIpc) is 2.42. The summed E-state index contributed by atoms with van der Waals surface area (Å²) < 4.78 is 41.6. The van der Waals surface area contributed by atoms with Crippen molar-refractivity contribution in [3.05, 3.63) is 42.0 Å². The number of carbonyl (C=O) groups excluding carboxylic acids is 1. The molecule has 2 rings (SSSR count). The van der Waals surface area contributed by atoms with Gasteiger partial charge in [-0.2, -0.15) is 13.2 Å². The van der Waals surface area contributed by atoms with Gasteiger partial charge in [0.2, 0.25) is 0 Å². The van der Waals surface area contributed by atoms with Crippen LogP contribution in [0.5, 0.6) is 5.75 Å². The van der Waals surface area contributed by atoms with Crippen molar-refractivity contribution in [3.63, 3.8) is 0 Å². The maximum absolute atomic E-state index is 12.1. The Bertz CT molecular complexity index is 638. The van der Waals surface area contributed by atoms with Gasteiger partial charge < -0.3 is 10.1 Å². The Morgan fingerprint density at radius 2 is 1.80 bits per heavy atom. The molecule has 20 heavy (non-hydrogen) atoms. The standard InChI is InChI=1S/C14H12F3NO2/c1-20-12-7-6-11(9-4-2-3-5-10(9)12)13(19)18-8-14(15,16)17/h2-7H,8H2,1H3,(H,18,19). The van der Waals surface area contributed by atoms with E-state index in [4.69, 9.17) is 4.74 Å². The van der Waals surface area contributed by atoms with Crippen molar-refractivity contribution in [2.24, 2.45) is 0 Å². The maximum Gasteiger partial charge on any atom is 0.405 e. The second-order valence-corrected chi connectivity index (χ2v) is 4.16.